The van der Waals surface area contributed by atoms with Crippen molar-refractivity contribution in [3.63, 3.8) is 0 Å². The van der Waals surface area contributed by atoms with Crippen LogP contribution in [0.4, 0.5) is 0 Å². The first-order valence-corrected chi connectivity index (χ1v) is 4.08. The van der Waals surface area contributed by atoms with Gasteiger partial charge in [-0.05, 0) is 19.5 Å². The van der Waals surface area contributed by atoms with Crippen LogP contribution in [0, 0.1) is 0 Å². The van der Waals surface area contributed by atoms with Crippen molar-refractivity contribution < 1.29 is 0 Å². The van der Waals surface area contributed by atoms with Gasteiger partial charge in [0.05, 0.1) is 11.9 Å². The van der Waals surface area contributed by atoms with Crippen LogP contribution < -0.4 is 5.32 Å². The predicted molar refractivity (Wildman–Crippen MR) is 53.1 cm³/mol. The highest BCUT2D eigenvalue weighted by molar-refractivity contribution is 5.80. The Morgan fingerprint density at radius 1 is 1.67 bits per heavy atom. The van der Waals surface area contributed by atoms with Crippen LogP contribution in [0.1, 0.15) is 13.3 Å². The fourth-order valence-electron chi connectivity index (χ4n) is 1.10. The lowest BCUT2D eigenvalue weighted by molar-refractivity contribution is 0.820. The number of amidine groups is 1. The van der Waals surface area contributed by atoms with E-state index in [1.165, 1.54) is 0 Å². The van der Waals surface area contributed by atoms with Crippen LogP contribution in [0.15, 0.2) is 42.1 Å². The summed E-state index contributed by atoms with van der Waals surface area (Å²) in [5, 5.41) is 2.95. The molecule has 0 saturated carbocycles. The first-order valence-electron chi connectivity index (χ1n) is 4.08. The zero-order valence-corrected chi connectivity index (χ0v) is 7.33. The zero-order chi connectivity index (χ0) is 8.81. The largest absolute Gasteiger partial charge is 0.351 e. The molecule has 0 amide bonds. The Bertz CT molecular complexity index is 236. The number of nitrogens with zero attached hydrogens (tertiary/aromatic N) is 1. The summed E-state index contributed by atoms with van der Waals surface area (Å²) in [4.78, 5) is 4.42. The molecule has 1 aliphatic carbocycles. The van der Waals surface area contributed by atoms with E-state index in [1.807, 2.05) is 19.1 Å². The van der Waals surface area contributed by atoms with Crippen LogP contribution >= 0.6 is 0 Å². The van der Waals surface area contributed by atoms with Crippen molar-refractivity contribution in [2.45, 2.75) is 19.4 Å². The number of hydrogen-bond acceptors (Lipinski definition) is 1. The molecule has 1 unspecified atom stereocenters. The summed E-state index contributed by atoms with van der Waals surface area (Å²) in [5.74, 6) is 0.912. The molecule has 0 heterocycles. The normalized spacial score (nSPS) is 22.4. The Kier molecular flexibility index (Phi) is 3.33. The molecule has 0 aromatic carbocycles. The average molecular weight is 162 g/mol. The molecule has 2 heteroatoms. The summed E-state index contributed by atoms with van der Waals surface area (Å²) in [7, 11) is 0. The van der Waals surface area contributed by atoms with E-state index in [1.54, 1.807) is 6.20 Å². The van der Waals surface area contributed by atoms with Crippen LogP contribution in [0.25, 0.3) is 0 Å². The van der Waals surface area contributed by atoms with Crippen molar-refractivity contribution in [3.8, 4) is 0 Å². The minimum atomic E-state index is 0.294. The van der Waals surface area contributed by atoms with Crippen molar-refractivity contribution in [3.05, 3.63) is 37.1 Å². The van der Waals surface area contributed by atoms with Gasteiger partial charge in [0.15, 0.2) is 0 Å². The molecular weight excluding hydrogens is 148 g/mol. The van der Waals surface area contributed by atoms with Gasteiger partial charge in [0.1, 0.15) is 0 Å². The molecule has 1 atom stereocenters. The van der Waals surface area contributed by atoms with E-state index in [2.05, 4.69) is 29.0 Å². The van der Waals surface area contributed by atoms with E-state index in [9.17, 15) is 0 Å². The molecule has 0 aromatic heterocycles. The Morgan fingerprint density at radius 2 is 2.50 bits per heavy atom. The summed E-state index contributed by atoms with van der Waals surface area (Å²) >= 11 is 0. The van der Waals surface area contributed by atoms with Crippen molar-refractivity contribution in [2.75, 3.05) is 0 Å². The molecule has 0 spiro atoms. The standard InChI is InChI=1S/C10H14N2/c1-3-11-9(2)12-10-7-5-4-6-8-10/h3-7,10H,1,8H2,2H3,(H,11,12). The summed E-state index contributed by atoms with van der Waals surface area (Å²) in [6.45, 7) is 5.51. The lowest BCUT2D eigenvalue weighted by Crippen LogP contribution is -2.16. The Morgan fingerprint density at radius 3 is 3.08 bits per heavy atom. The molecule has 1 N–H and O–H groups in total. The highest BCUT2D eigenvalue weighted by Crippen LogP contribution is 2.06. The number of nitrogens with one attached hydrogen (secondary N) is 1. The van der Waals surface area contributed by atoms with Gasteiger partial charge in [-0.15, -0.1) is 0 Å². The van der Waals surface area contributed by atoms with E-state index in [0.717, 1.165) is 12.3 Å². The van der Waals surface area contributed by atoms with Crippen LogP contribution in [0.5, 0.6) is 0 Å². The van der Waals surface area contributed by atoms with Gasteiger partial charge in [-0.25, -0.2) is 0 Å². The fraction of sp³-hybridized carbons (Fsp3) is 0.300. The van der Waals surface area contributed by atoms with Crippen LogP contribution in [0.2, 0.25) is 0 Å². The SMILES string of the molecule is C=CNC(C)=NC1C=CC=CC1. The zero-order valence-electron chi connectivity index (χ0n) is 7.33. The summed E-state index contributed by atoms with van der Waals surface area (Å²) in [5.41, 5.74) is 0. The summed E-state index contributed by atoms with van der Waals surface area (Å²) in [6, 6.07) is 0.294. The third-order valence-electron chi connectivity index (χ3n) is 1.63. The average Bonchev–Trinajstić information content (AvgIpc) is 2.06. The quantitative estimate of drug-likeness (QED) is 0.487. The highest BCUT2D eigenvalue weighted by atomic mass is 15.0. The van der Waals surface area contributed by atoms with Crippen molar-refractivity contribution in [2.24, 2.45) is 4.99 Å². The molecule has 2 nitrogen and oxygen atoms in total. The number of aliphatic imine (C=N–C) groups is 1. The second-order valence-corrected chi connectivity index (χ2v) is 2.68. The number of rotatable bonds is 2. The second kappa shape index (κ2) is 4.54. The minimum Gasteiger partial charge on any atom is -0.351 e. The number of allylic oxidation sites excluding steroid dienone is 2. The van der Waals surface area contributed by atoms with Gasteiger partial charge in [-0.3, -0.25) is 4.99 Å². The molecule has 0 aromatic rings. The topological polar surface area (TPSA) is 24.4 Å². The maximum Gasteiger partial charge on any atom is 0.0978 e. The maximum absolute atomic E-state index is 4.42. The summed E-state index contributed by atoms with van der Waals surface area (Å²) < 4.78 is 0. The molecule has 0 aliphatic heterocycles. The molecule has 12 heavy (non-hydrogen) atoms. The lowest BCUT2D eigenvalue weighted by atomic mass is 10.1. The first kappa shape index (κ1) is 8.78. The lowest BCUT2D eigenvalue weighted by Gasteiger charge is -2.08. The third-order valence-corrected chi connectivity index (χ3v) is 1.63. The van der Waals surface area contributed by atoms with Gasteiger partial charge in [0.2, 0.25) is 0 Å². The molecule has 1 aliphatic rings. The van der Waals surface area contributed by atoms with Crippen LogP contribution in [0.3, 0.4) is 0 Å². The van der Waals surface area contributed by atoms with Crippen molar-refractivity contribution in [1.29, 1.82) is 0 Å². The van der Waals surface area contributed by atoms with Gasteiger partial charge in [0.25, 0.3) is 0 Å². The first-order chi connectivity index (χ1) is 5.83. The van der Waals surface area contributed by atoms with Gasteiger partial charge >= 0.3 is 0 Å². The smallest absolute Gasteiger partial charge is 0.0978 e. The maximum atomic E-state index is 4.42. The minimum absolute atomic E-state index is 0.294. The molecule has 0 radical (unpaired) electrons. The highest BCUT2D eigenvalue weighted by Gasteiger charge is 2.01. The monoisotopic (exact) mass is 162 g/mol. The van der Waals surface area contributed by atoms with Gasteiger partial charge < -0.3 is 5.32 Å². The van der Waals surface area contributed by atoms with Crippen molar-refractivity contribution in [1.82, 2.24) is 5.32 Å². The van der Waals surface area contributed by atoms with E-state index in [0.29, 0.717) is 6.04 Å². The van der Waals surface area contributed by atoms with Crippen LogP contribution in [-0.4, -0.2) is 11.9 Å². The van der Waals surface area contributed by atoms with Crippen LogP contribution in [-0.2, 0) is 0 Å². The molecule has 0 fully saturated rings. The second-order valence-electron chi connectivity index (χ2n) is 2.68. The predicted octanol–water partition coefficient (Wildman–Crippen LogP) is 2.02. The third kappa shape index (κ3) is 2.74. The molecular formula is C10H14N2. The van der Waals surface area contributed by atoms with Gasteiger partial charge in [0, 0.05) is 0 Å². The van der Waals surface area contributed by atoms with E-state index in [4.69, 9.17) is 0 Å². The van der Waals surface area contributed by atoms with E-state index in [-0.39, 0.29) is 0 Å². The Labute approximate surface area is 73.4 Å². The molecule has 0 saturated heterocycles. The number of hydrogen-bond donors (Lipinski definition) is 1. The molecule has 64 valence electrons. The van der Waals surface area contributed by atoms with Gasteiger partial charge in [-0.2, -0.15) is 0 Å². The Hall–Kier alpha value is -1.31. The Balaban J connectivity index is 2.49. The van der Waals surface area contributed by atoms with E-state index >= 15 is 0 Å². The fourth-order valence-corrected chi connectivity index (χ4v) is 1.10. The molecule has 0 bridgehead atoms. The molecule has 1 rings (SSSR count). The van der Waals surface area contributed by atoms with E-state index < -0.39 is 0 Å². The van der Waals surface area contributed by atoms with Crippen molar-refractivity contribution >= 4 is 5.84 Å². The van der Waals surface area contributed by atoms with Gasteiger partial charge in [-0.1, -0.05) is 30.9 Å². The summed E-state index contributed by atoms with van der Waals surface area (Å²) in [6.07, 6.45) is 10.9.